The van der Waals surface area contributed by atoms with Crippen molar-refractivity contribution < 1.29 is 5.11 Å². The third kappa shape index (κ3) is 4.67. The molecule has 0 saturated carbocycles. The van der Waals surface area contributed by atoms with E-state index < -0.39 is 6.23 Å². The summed E-state index contributed by atoms with van der Waals surface area (Å²) < 4.78 is 0. The van der Waals surface area contributed by atoms with Gasteiger partial charge in [0, 0.05) is 11.6 Å². The molecular formula is C16H18ClNO. The molecule has 2 nitrogen and oxygen atoms in total. The average molecular weight is 276 g/mol. The SMILES string of the molecule is OC(CCc1ccccc1)NCc1ccccc1Cl. The Balaban J connectivity index is 1.76. The highest BCUT2D eigenvalue weighted by atomic mass is 35.5. The fourth-order valence-electron chi connectivity index (χ4n) is 1.92. The number of halogens is 1. The zero-order valence-electron chi connectivity index (χ0n) is 10.7. The van der Waals surface area contributed by atoms with E-state index in [4.69, 9.17) is 11.6 Å². The smallest absolute Gasteiger partial charge is 0.105 e. The van der Waals surface area contributed by atoms with E-state index in [1.165, 1.54) is 5.56 Å². The van der Waals surface area contributed by atoms with Gasteiger partial charge in [-0.25, -0.2) is 0 Å². The minimum Gasteiger partial charge on any atom is -0.379 e. The fourth-order valence-corrected chi connectivity index (χ4v) is 2.12. The first-order chi connectivity index (χ1) is 9.25. The maximum atomic E-state index is 9.91. The quantitative estimate of drug-likeness (QED) is 0.792. The van der Waals surface area contributed by atoms with Crippen LogP contribution in [0, 0.1) is 0 Å². The van der Waals surface area contributed by atoms with E-state index in [0.717, 1.165) is 17.0 Å². The van der Waals surface area contributed by atoms with Gasteiger partial charge in [-0.1, -0.05) is 60.1 Å². The third-order valence-electron chi connectivity index (χ3n) is 3.04. The van der Waals surface area contributed by atoms with Gasteiger partial charge >= 0.3 is 0 Å². The van der Waals surface area contributed by atoms with Crippen molar-refractivity contribution in [2.75, 3.05) is 0 Å². The van der Waals surface area contributed by atoms with E-state index in [1.54, 1.807) is 0 Å². The van der Waals surface area contributed by atoms with Crippen molar-refractivity contribution in [3.05, 3.63) is 70.7 Å². The fraction of sp³-hybridized carbons (Fsp3) is 0.250. The molecule has 0 aliphatic heterocycles. The lowest BCUT2D eigenvalue weighted by molar-refractivity contribution is 0.126. The van der Waals surface area contributed by atoms with Crippen molar-refractivity contribution in [2.24, 2.45) is 0 Å². The van der Waals surface area contributed by atoms with Crippen molar-refractivity contribution in [3.8, 4) is 0 Å². The topological polar surface area (TPSA) is 32.3 Å². The number of nitrogens with one attached hydrogen (secondary N) is 1. The summed E-state index contributed by atoms with van der Waals surface area (Å²) in [4.78, 5) is 0. The van der Waals surface area contributed by atoms with Crippen molar-refractivity contribution >= 4 is 11.6 Å². The van der Waals surface area contributed by atoms with Crippen LogP contribution in [0.15, 0.2) is 54.6 Å². The Labute approximate surface area is 119 Å². The second-order valence-electron chi connectivity index (χ2n) is 4.51. The molecule has 0 spiro atoms. The number of hydrogen-bond acceptors (Lipinski definition) is 2. The van der Waals surface area contributed by atoms with Gasteiger partial charge in [0.05, 0.1) is 0 Å². The van der Waals surface area contributed by atoms with E-state index in [1.807, 2.05) is 42.5 Å². The highest BCUT2D eigenvalue weighted by Crippen LogP contribution is 2.14. The monoisotopic (exact) mass is 275 g/mol. The lowest BCUT2D eigenvalue weighted by atomic mass is 10.1. The molecule has 0 aromatic heterocycles. The second-order valence-corrected chi connectivity index (χ2v) is 4.92. The van der Waals surface area contributed by atoms with Crippen molar-refractivity contribution in [1.29, 1.82) is 0 Å². The molecule has 2 rings (SSSR count). The molecule has 19 heavy (non-hydrogen) atoms. The Bertz CT molecular complexity index is 501. The highest BCUT2D eigenvalue weighted by molar-refractivity contribution is 6.31. The Morgan fingerprint density at radius 3 is 2.42 bits per heavy atom. The summed E-state index contributed by atoms with van der Waals surface area (Å²) in [7, 11) is 0. The van der Waals surface area contributed by atoms with Crippen LogP contribution in [-0.2, 0) is 13.0 Å². The van der Waals surface area contributed by atoms with E-state index in [0.29, 0.717) is 13.0 Å². The molecule has 2 aromatic rings. The molecule has 0 radical (unpaired) electrons. The molecule has 0 fully saturated rings. The first kappa shape index (κ1) is 14.1. The number of benzene rings is 2. The molecule has 2 aromatic carbocycles. The molecular weight excluding hydrogens is 258 g/mol. The predicted octanol–water partition coefficient (Wildman–Crippen LogP) is 3.38. The maximum Gasteiger partial charge on any atom is 0.105 e. The van der Waals surface area contributed by atoms with Gasteiger partial charge in [-0.05, 0) is 30.0 Å². The summed E-state index contributed by atoms with van der Waals surface area (Å²) in [6, 6.07) is 17.8. The molecule has 0 saturated heterocycles. The summed E-state index contributed by atoms with van der Waals surface area (Å²) in [5.41, 5.74) is 2.24. The van der Waals surface area contributed by atoms with Gasteiger partial charge in [-0.3, -0.25) is 5.32 Å². The van der Waals surface area contributed by atoms with Crippen molar-refractivity contribution in [2.45, 2.75) is 25.6 Å². The molecule has 2 N–H and O–H groups in total. The minimum absolute atomic E-state index is 0.517. The van der Waals surface area contributed by atoms with Crippen LogP contribution in [0.1, 0.15) is 17.5 Å². The van der Waals surface area contributed by atoms with Gasteiger partial charge in [0.2, 0.25) is 0 Å². The summed E-state index contributed by atoms with van der Waals surface area (Å²) in [6.45, 7) is 0.579. The Kier molecular flexibility index (Phi) is 5.40. The molecule has 0 bridgehead atoms. The number of rotatable bonds is 6. The minimum atomic E-state index is -0.517. The number of aryl methyl sites for hydroxylation is 1. The molecule has 0 aliphatic rings. The first-order valence-electron chi connectivity index (χ1n) is 6.44. The van der Waals surface area contributed by atoms with E-state index >= 15 is 0 Å². The van der Waals surface area contributed by atoms with Crippen LogP contribution in [0.4, 0.5) is 0 Å². The second kappa shape index (κ2) is 7.29. The molecule has 0 heterocycles. The molecule has 1 atom stereocenters. The largest absolute Gasteiger partial charge is 0.379 e. The molecule has 0 amide bonds. The molecule has 1 unspecified atom stereocenters. The summed E-state index contributed by atoms with van der Waals surface area (Å²) in [5, 5.41) is 13.7. The van der Waals surface area contributed by atoms with Crippen LogP contribution in [0.5, 0.6) is 0 Å². The van der Waals surface area contributed by atoms with Crippen LogP contribution in [0.25, 0.3) is 0 Å². The molecule has 3 heteroatoms. The summed E-state index contributed by atoms with van der Waals surface area (Å²) in [6.07, 6.45) is 1.03. The van der Waals surface area contributed by atoms with Crippen LogP contribution in [0.3, 0.4) is 0 Å². The summed E-state index contributed by atoms with van der Waals surface area (Å²) >= 11 is 6.06. The molecule has 0 aliphatic carbocycles. The van der Waals surface area contributed by atoms with Crippen molar-refractivity contribution in [3.63, 3.8) is 0 Å². The lowest BCUT2D eigenvalue weighted by Gasteiger charge is -2.13. The van der Waals surface area contributed by atoms with Gasteiger partial charge in [-0.15, -0.1) is 0 Å². The zero-order valence-corrected chi connectivity index (χ0v) is 11.5. The Hall–Kier alpha value is -1.35. The lowest BCUT2D eigenvalue weighted by Crippen LogP contribution is -2.28. The normalized spacial score (nSPS) is 12.3. The Morgan fingerprint density at radius 2 is 1.68 bits per heavy atom. The van der Waals surface area contributed by atoms with E-state index in [-0.39, 0.29) is 0 Å². The van der Waals surface area contributed by atoms with Crippen molar-refractivity contribution in [1.82, 2.24) is 5.32 Å². The predicted molar refractivity (Wildman–Crippen MR) is 79.1 cm³/mol. The van der Waals surface area contributed by atoms with Crippen LogP contribution in [-0.4, -0.2) is 11.3 Å². The summed E-state index contributed by atoms with van der Waals surface area (Å²) in [5.74, 6) is 0. The zero-order chi connectivity index (χ0) is 13.5. The van der Waals surface area contributed by atoms with Crippen LogP contribution in [0.2, 0.25) is 5.02 Å². The maximum absolute atomic E-state index is 9.91. The van der Waals surface area contributed by atoms with E-state index in [2.05, 4.69) is 17.4 Å². The average Bonchev–Trinajstić information content (AvgIpc) is 2.45. The van der Waals surface area contributed by atoms with Crippen LogP contribution < -0.4 is 5.32 Å². The van der Waals surface area contributed by atoms with Gasteiger partial charge in [0.1, 0.15) is 6.23 Å². The van der Waals surface area contributed by atoms with Gasteiger partial charge in [0.15, 0.2) is 0 Å². The third-order valence-corrected chi connectivity index (χ3v) is 3.40. The number of aliphatic hydroxyl groups excluding tert-OH is 1. The number of aliphatic hydroxyl groups is 1. The standard InChI is InChI=1S/C16H18ClNO/c17-15-9-5-4-8-14(15)12-18-16(19)11-10-13-6-2-1-3-7-13/h1-9,16,18-19H,10-12H2. The van der Waals surface area contributed by atoms with E-state index in [9.17, 15) is 5.11 Å². The first-order valence-corrected chi connectivity index (χ1v) is 6.82. The highest BCUT2D eigenvalue weighted by Gasteiger charge is 2.05. The van der Waals surface area contributed by atoms with Crippen LogP contribution >= 0.6 is 11.6 Å². The van der Waals surface area contributed by atoms with Gasteiger partial charge in [0.25, 0.3) is 0 Å². The molecule has 100 valence electrons. The van der Waals surface area contributed by atoms with Gasteiger partial charge in [-0.2, -0.15) is 0 Å². The number of hydrogen-bond donors (Lipinski definition) is 2. The van der Waals surface area contributed by atoms with Gasteiger partial charge < -0.3 is 5.11 Å². The Morgan fingerprint density at radius 1 is 1.00 bits per heavy atom.